The van der Waals surface area contributed by atoms with Crippen LogP contribution in [-0.2, 0) is 13.1 Å². The molecule has 1 unspecified atom stereocenters. The van der Waals surface area contributed by atoms with Crippen molar-refractivity contribution >= 4 is 6.08 Å². The molecule has 0 fully saturated rings. The van der Waals surface area contributed by atoms with Gasteiger partial charge < -0.3 is 10.2 Å². The molecule has 0 bridgehead atoms. The lowest BCUT2D eigenvalue weighted by Gasteiger charge is -2.02. The van der Waals surface area contributed by atoms with E-state index >= 15 is 0 Å². The van der Waals surface area contributed by atoms with Crippen LogP contribution in [0.1, 0.15) is 11.1 Å². The van der Waals surface area contributed by atoms with Crippen molar-refractivity contribution in [3.8, 4) is 0 Å². The molecule has 1 aromatic carbocycles. The molecule has 19 heavy (non-hydrogen) atoms. The molecule has 0 saturated carbocycles. The molecule has 4 nitrogen and oxygen atoms in total. The van der Waals surface area contributed by atoms with Gasteiger partial charge in [0.2, 0.25) is 6.33 Å². The highest BCUT2D eigenvalue weighted by Gasteiger charge is 2.09. The van der Waals surface area contributed by atoms with E-state index in [9.17, 15) is 5.11 Å². The molecule has 2 rings (SSSR count). The summed E-state index contributed by atoms with van der Waals surface area (Å²) in [6.45, 7) is 4.69. The van der Waals surface area contributed by atoms with E-state index in [4.69, 9.17) is 5.11 Å². The van der Waals surface area contributed by atoms with E-state index in [0.29, 0.717) is 6.54 Å². The molecule has 1 heterocycles. The van der Waals surface area contributed by atoms with E-state index in [-0.39, 0.29) is 6.61 Å². The van der Waals surface area contributed by atoms with Crippen LogP contribution in [0.3, 0.4) is 0 Å². The van der Waals surface area contributed by atoms with Crippen molar-refractivity contribution < 1.29 is 14.8 Å². The summed E-state index contributed by atoms with van der Waals surface area (Å²) < 4.78 is 3.89. The first-order chi connectivity index (χ1) is 9.21. The molecule has 0 aliphatic heterocycles. The van der Waals surface area contributed by atoms with Crippen molar-refractivity contribution in [2.45, 2.75) is 19.2 Å². The van der Waals surface area contributed by atoms with Gasteiger partial charge in [-0.25, -0.2) is 9.13 Å². The van der Waals surface area contributed by atoms with E-state index in [1.165, 1.54) is 5.56 Å². The summed E-state index contributed by atoms with van der Waals surface area (Å²) in [5.74, 6) is 0. The Morgan fingerprint density at radius 3 is 2.68 bits per heavy atom. The van der Waals surface area contributed by atoms with Crippen LogP contribution in [0.15, 0.2) is 49.6 Å². The van der Waals surface area contributed by atoms with Gasteiger partial charge in [-0.1, -0.05) is 36.9 Å². The second kappa shape index (κ2) is 6.31. The highest BCUT2D eigenvalue weighted by Crippen LogP contribution is 2.05. The summed E-state index contributed by atoms with van der Waals surface area (Å²) >= 11 is 0. The Labute approximate surface area is 112 Å². The molecule has 0 saturated heterocycles. The van der Waals surface area contributed by atoms with E-state index in [1.54, 1.807) is 0 Å². The van der Waals surface area contributed by atoms with Crippen LogP contribution in [0.2, 0.25) is 0 Å². The lowest BCUT2D eigenvalue weighted by molar-refractivity contribution is -0.687. The average molecular weight is 259 g/mol. The van der Waals surface area contributed by atoms with Gasteiger partial charge in [0, 0.05) is 0 Å². The van der Waals surface area contributed by atoms with Crippen molar-refractivity contribution in [2.75, 3.05) is 6.61 Å². The highest BCUT2D eigenvalue weighted by atomic mass is 16.3. The van der Waals surface area contributed by atoms with Crippen LogP contribution < -0.4 is 4.57 Å². The number of rotatable bonds is 6. The maximum absolute atomic E-state index is 9.38. The number of hydrogen-bond donors (Lipinski definition) is 2. The first-order valence-corrected chi connectivity index (χ1v) is 6.26. The predicted molar refractivity (Wildman–Crippen MR) is 73.4 cm³/mol. The Hall–Kier alpha value is -1.91. The molecule has 100 valence electrons. The monoisotopic (exact) mass is 259 g/mol. The molecule has 1 atom stereocenters. The molecule has 0 spiro atoms. The van der Waals surface area contributed by atoms with Gasteiger partial charge in [-0.2, -0.15) is 0 Å². The van der Waals surface area contributed by atoms with E-state index < -0.39 is 6.10 Å². The fraction of sp³-hybridized carbons (Fsp3) is 0.267. The van der Waals surface area contributed by atoms with E-state index in [2.05, 4.69) is 18.7 Å². The average Bonchev–Trinajstić information content (AvgIpc) is 2.86. The Balaban J connectivity index is 2.00. The standard InChI is InChI=1S/C15H19N2O2/c1-2-13-3-5-14(6-4-13)9-16-7-8-17(12-16)10-15(19)11-18/h2-8,12,15,18-19H,1,9-11H2/q+1. The second-order valence-electron chi connectivity index (χ2n) is 4.56. The molecule has 2 aromatic rings. The number of aromatic nitrogens is 2. The number of aliphatic hydroxyl groups is 2. The number of aliphatic hydroxyl groups excluding tert-OH is 2. The van der Waals surface area contributed by atoms with Gasteiger partial charge in [-0.05, 0) is 11.1 Å². The van der Waals surface area contributed by atoms with Crippen molar-refractivity contribution in [2.24, 2.45) is 0 Å². The number of imidazole rings is 1. The fourth-order valence-corrected chi connectivity index (χ4v) is 1.91. The molecule has 0 radical (unpaired) electrons. The van der Waals surface area contributed by atoms with Gasteiger partial charge in [0.1, 0.15) is 31.6 Å². The molecule has 2 N–H and O–H groups in total. The summed E-state index contributed by atoms with van der Waals surface area (Å²) in [7, 11) is 0. The van der Waals surface area contributed by atoms with Crippen molar-refractivity contribution in [3.05, 3.63) is 60.7 Å². The van der Waals surface area contributed by atoms with Crippen molar-refractivity contribution in [1.29, 1.82) is 0 Å². The number of nitrogens with zero attached hydrogens (tertiary/aromatic N) is 2. The van der Waals surface area contributed by atoms with Crippen LogP contribution in [0.25, 0.3) is 6.08 Å². The van der Waals surface area contributed by atoms with Crippen LogP contribution in [0.4, 0.5) is 0 Å². The molecular weight excluding hydrogens is 240 g/mol. The SMILES string of the molecule is C=Cc1ccc(C[n+]2ccn(CC(O)CO)c2)cc1. The zero-order valence-corrected chi connectivity index (χ0v) is 10.8. The van der Waals surface area contributed by atoms with Gasteiger partial charge >= 0.3 is 0 Å². The van der Waals surface area contributed by atoms with Crippen LogP contribution in [0, 0.1) is 0 Å². The molecule has 0 aliphatic carbocycles. The third-order valence-corrected chi connectivity index (χ3v) is 2.96. The summed E-state index contributed by atoms with van der Waals surface area (Å²) in [6, 6.07) is 8.22. The van der Waals surface area contributed by atoms with Crippen LogP contribution in [0.5, 0.6) is 0 Å². The zero-order valence-electron chi connectivity index (χ0n) is 10.8. The summed E-state index contributed by atoms with van der Waals surface area (Å²) in [4.78, 5) is 0. The minimum atomic E-state index is -0.715. The fourth-order valence-electron chi connectivity index (χ4n) is 1.91. The number of benzene rings is 1. The minimum Gasteiger partial charge on any atom is -0.394 e. The third kappa shape index (κ3) is 3.77. The molecule has 4 heteroatoms. The molecule has 0 aliphatic rings. The molecule has 1 aromatic heterocycles. The van der Waals surface area contributed by atoms with Crippen LogP contribution in [-0.4, -0.2) is 27.5 Å². The Kier molecular flexibility index (Phi) is 4.49. The van der Waals surface area contributed by atoms with Gasteiger partial charge in [-0.15, -0.1) is 0 Å². The van der Waals surface area contributed by atoms with E-state index in [1.807, 2.05) is 46.1 Å². The summed E-state index contributed by atoms with van der Waals surface area (Å²) in [6.07, 6.45) is 6.86. The first-order valence-electron chi connectivity index (χ1n) is 6.26. The zero-order chi connectivity index (χ0) is 13.7. The lowest BCUT2D eigenvalue weighted by Crippen LogP contribution is -2.32. The Bertz CT molecular complexity index is 531. The molecule has 0 amide bonds. The maximum Gasteiger partial charge on any atom is 0.244 e. The van der Waals surface area contributed by atoms with Crippen molar-refractivity contribution in [3.63, 3.8) is 0 Å². The van der Waals surface area contributed by atoms with E-state index in [0.717, 1.165) is 12.1 Å². The largest absolute Gasteiger partial charge is 0.394 e. The van der Waals surface area contributed by atoms with Gasteiger partial charge in [-0.3, -0.25) is 0 Å². The summed E-state index contributed by atoms with van der Waals surface area (Å²) in [5.41, 5.74) is 2.31. The van der Waals surface area contributed by atoms with Gasteiger partial charge in [0.25, 0.3) is 0 Å². The smallest absolute Gasteiger partial charge is 0.244 e. The number of hydrogen-bond acceptors (Lipinski definition) is 2. The van der Waals surface area contributed by atoms with Crippen molar-refractivity contribution in [1.82, 2.24) is 4.57 Å². The lowest BCUT2D eigenvalue weighted by atomic mass is 10.1. The minimum absolute atomic E-state index is 0.221. The third-order valence-electron chi connectivity index (χ3n) is 2.96. The van der Waals surface area contributed by atoms with Crippen LogP contribution >= 0.6 is 0 Å². The molecular formula is C15H19N2O2+. The quantitative estimate of drug-likeness (QED) is 0.755. The topological polar surface area (TPSA) is 49.3 Å². The Morgan fingerprint density at radius 2 is 2.05 bits per heavy atom. The highest BCUT2D eigenvalue weighted by molar-refractivity contribution is 5.47. The normalized spacial score (nSPS) is 12.3. The maximum atomic E-state index is 9.38. The first kappa shape index (κ1) is 13.5. The predicted octanol–water partition coefficient (Wildman–Crippen LogP) is 0.820. The summed E-state index contributed by atoms with van der Waals surface area (Å²) in [5, 5.41) is 18.2. The van der Waals surface area contributed by atoms with Gasteiger partial charge in [0.05, 0.1) is 6.61 Å². The Morgan fingerprint density at radius 1 is 1.32 bits per heavy atom. The van der Waals surface area contributed by atoms with Gasteiger partial charge in [0.15, 0.2) is 0 Å². The second-order valence-corrected chi connectivity index (χ2v) is 4.56.